The second kappa shape index (κ2) is 11.7. The average molecular weight is 545 g/mol. The minimum absolute atomic E-state index is 0.576. The Labute approximate surface area is 238 Å². The third kappa shape index (κ3) is 5.56. The third-order valence-electron chi connectivity index (χ3n) is 7.52. The number of hydrogen-bond donors (Lipinski definition) is 1. The van der Waals surface area contributed by atoms with Crippen LogP contribution in [0.4, 0.5) is 0 Å². The van der Waals surface area contributed by atoms with Crippen LogP contribution in [0.1, 0.15) is 48.1 Å². The van der Waals surface area contributed by atoms with E-state index in [2.05, 4.69) is 68.5 Å². The summed E-state index contributed by atoms with van der Waals surface area (Å²) in [5.74, 6) is 1.63. The van der Waals surface area contributed by atoms with Crippen LogP contribution >= 0.6 is 0 Å². The second-order valence-electron chi connectivity index (χ2n) is 10.3. The number of nitrogens with one attached hydrogen (secondary N) is 1. The summed E-state index contributed by atoms with van der Waals surface area (Å²) in [6, 6.07) is 24.4. The van der Waals surface area contributed by atoms with Gasteiger partial charge in [0, 0.05) is 36.2 Å². The van der Waals surface area contributed by atoms with Crippen LogP contribution in [0.3, 0.4) is 0 Å². The maximum Gasteiger partial charge on any atom is 0.205 e. The van der Waals surface area contributed by atoms with Crippen molar-refractivity contribution in [3.8, 4) is 22.5 Å². The van der Waals surface area contributed by atoms with Crippen LogP contribution < -0.4 is 4.73 Å². The number of tetrazole rings is 1. The Morgan fingerprint density at radius 1 is 0.902 bits per heavy atom. The van der Waals surface area contributed by atoms with E-state index >= 15 is 0 Å². The Bertz CT molecular complexity index is 1770. The van der Waals surface area contributed by atoms with Crippen LogP contribution in [0.25, 0.3) is 33.7 Å². The average Bonchev–Trinajstić information content (AvgIpc) is 3.65. The highest BCUT2D eigenvalue weighted by Gasteiger charge is 2.16. The zero-order valence-electron chi connectivity index (χ0n) is 23.3. The summed E-state index contributed by atoms with van der Waals surface area (Å²) in [4.78, 5) is 10.1. The number of benzene rings is 2. The molecular formula is C32H32N8O. The molecule has 0 spiro atoms. The van der Waals surface area contributed by atoms with Gasteiger partial charge in [0.25, 0.3) is 0 Å². The first kappa shape index (κ1) is 26.3. The monoisotopic (exact) mass is 544 g/mol. The van der Waals surface area contributed by atoms with Crippen LogP contribution in [0, 0.1) is 12.1 Å². The van der Waals surface area contributed by atoms with Gasteiger partial charge >= 0.3 is 0 Å². The highest BCUT2D eigenvalue weighted by molar-refractivity contribution is 5.80. The summed E-state index contributed by atoms with van der Waals surface area (Å²) in [5, 5.41) is 26.7. The van der Waals surface area contributed by atoms with Gasteiger partial charge in [-0.05, 0) is 53.3 Å². The predicted octanol–water partition coefficient (Wildman–Crippen LogP) is 5.40. The topological polar surface area (TPSA) is 112 Å². The molecule has 6 rings (SSSR count). The third-order valence-corrected chi connectivity index (χ3v) is 7.52. The summed E-state index contributed by atoms with van der Waals surface area (Å²) in [5.41, 5.74) is 8.92. The quantitative estimate of drug-likeness (QED) is 0.183. The lowest BCUT2D eigenvalue weighted by atomic mass is 9.98. The van der Waals surface area contributed by atoms with Gasteiger partial charge in [-0.2, -0.15) is 9.94 Å². The van der Waals surface area contributed by atoms with Crippen molar-refractivity contribution in [1.29, 1.82) is 0 Å². The van der Waals surface area contributed by atoms with E-state index in [1.54, 1.807) is 12.3 Å². The zero-order chi connectivity index (χ0) is 28.2. The van der Waals surface area contributed by atoms with Crippen LogP contribution in [0.5, 0.6) is 0 Å². The summed E-state index contributed by atoms with van der Waals surface area (Å²) in [7, 11) is 0. The van der Waals surface area contributed by atoms with Gasteiger partial charge in [0.1, 0.15) is 11.3 Å². The van der Waals surface area contributed by atoms with Crippen LogP contribution in [-0.2, 0) is 25.8 Å². The Balaban J connectivity index is 1.29. The fourth-order valence-electron chi connectivity index (χ4n) is 5.27. The molecule has 1 N–H and O–H groups in total. The van der Waals surface area contributed by atoms with Crippen LogP contribution in [-0.4, -0.2) is 35.2 Å². The van der Waals surface area contributed by atoms with Gasteiger partial charge in [0.15, 0.2) is 17.5 Å². The summed E-state index contributed by atoms with van der Waals surface area (Å²) < 4.78 is 3.20. The van der Waals surface area contributed by atoms with E-state index in [-0.39, 0.29) is 0 Å². The maximum atomic E-state index is 12.1. The molecule has 0 radical (unpaired) electrons. The molecule has 0 bridgehead atoms. The molecule has 0 aliphatic heterocycles. The van der Waals surface area contributed by atoms with Gasteiger partial charge in [0.2, 0.25) is 5.82 Å². The largest absolute Gasteiger partial charge is 0.619 e. The van der Waals surface area contributed by atoms with Crippen LogP contribution in [0.15, 0.2) is 79.0 Å². The van der Waals surface area contributed by atoms with E-state index in [9.17, 15) is 5.21 Å². The van der Waals surface area contributed by atoms with Crippen molar-refractivity contribution in [3.05, 3.63) is 113 Å². The first-order valence-electron chi connectivity index (χ1n) is 14.1. The molecule has 0 fully saturated rings. The number of unbranched alkanes of at least 4 members (excludes halogenated alkanes) is 1. The number of pyridine rings is 2. The zero-order valence-corrected chi connectivity index (χ0v) is 23.3. The number of aromatic amines is 1. The van der Waals surface area contributed by atoms with Gasteiger partial charge in [-0.3, -0.25) is 0 Å². The molecular weight excluding hydrogens is 512 g/mol. The SMILES string of the molecule is CCCCc1nc2cc(CCc3cccc[n+]3[O-])c(C)nc2n1Cc1ccc(-c2ccccc2-c2nn[nH]n2)cc1. The lowest BCUT2D eigenvalue weighted by molar-refractivity contribution is -0.614. The molecule has 41 heavy (non-hydrogen) atoms. The molecule has 0 aliphatic rings. The minimum atomic E-state index is 0.576. The van der Waals surface area contributed by atoms with Crippen molar-refractivity contribution in [2.75, 3.05) is 0 Å². The molecule has 206 valence electrons. The highest BCUT2D eigenvalue weighted by Crippen LogP contribution is 2.30. The fourth-order valence-corrected chi connectivity index (χ4v) is 5.27. The normalized spacial score (nSPS) is 11.4. The molecule has 0 amide bonds. The van der Waals surface area contributed by atoms with Crippen molar-refractivity contribution in [2.24, 2.45) is 0 Å². The van der Waals surface area contributed by atoms with E-state index in [1.807, 2.05) is 37.3 Å². The number of H-pyrrole nitrogens is 1. The Kier molecular flexibility index (Phi) is 7.49. The van der Waals surface area contributed by atoms with E-state index in [1.165, 1.54) is 5.56 Å². The van der Waals surface area contributed by atoms with Crippen molar-refractivity contribution >= 4 is 11.2 Å². The number of fused-ring (bicyclic) bond motifs is 1. The molecule has 0 aliphatic carbocycles. The van der Waals surface area contributed by atoms with Crippen molar-refractivity contribution in [3.63, 3.8) is 0 Å². The summed E-state index contributed by atoms with van der Waals surface area (Å²) in [6.07, 6.45) is 6.01. The maximum absolute atomic E-state index is 12.1. The predicted molar refractivity (Wildman–Crippen MR) is 158 cm³/mol. The minimum Gasteiger partial charge on any atom is -0.619 e. The second-order valence-corrected chi connectivity index (χ2v) is 10.3. The summed E-state index contributed by atoms with van der Waals surface area (Å²) in [6.45, 7) is 4.93. The smallest absolute Gasteiger partial charge is 0.205 e. The molecule has 6 aromatic rings. The first-order valence-corrected chi connectivity index (χ1v) is 14.1. The van der Waals surface area contributed by atoms with E-state index in [0.717, 1.165) is 81.0 Å². The first-order chi connectivity index (χ1) is 20.1. The molecule has 0 saturated heterocycles. The number of hydrogen-bond acceptors (Lipinski definition) is 6. The number of nitrogens with zero attached hydrogens (tertiary/aromatic N) is 7. The molecule has 0 atom stereocenters. The molecule has 4 aromatic heterocycles. The van der Waals surface area contributed by atoms with Crippen molar-refractivity contribution in [2.45, 2.75) is 52.5 Å². The Morgan fingerprint density at radius 3 is 2.46 bits per heavy atom. The molecule has 0 unspecified atom stereocenters. The van der Waals surface area contributed by atoms with Gasteiger partial charge in [-0.15, -0.1) is 10.2 Å². The summed E-state index contributed by atoms with van der Waals surface area (Å²) >= 11 is 0. The molecule has 0 saturated carbocycles. The Morgan fingerprint density at radius 2 is 1.71 bits per heavy atom. The van der Waals surface area contributed by atoms with E-state index in [4.69, 9.17) is 9.97 Å². The number of aryl methyl sites for hydroxylation is 4. The van der Waals surface area contributed by atoms with Gasteiger partial charge in [0.05, 0.1) is 6.54 Å². The molecule has 9 nitrogen and oxygen atoms in total. The Hall–Kier alpha value is -4.92. The molecule has 2 aromatic carbocycles. The lowest BCUT2D eigenvalue weighted by Gasteiger charge is -2.12. The van der Waals surface area contributed by atoms with Crippen molar-refractivity contribution in [1.82, 2.24) is 35.2 Å². The number of imidazole rings is 1. The fraction of sp³-hybridized carbons (Fsp3) is 0.250. The van der Waals surface area contributed by atoms with Gasteiger partial charge < -0.3 is 9.77 Å². The van der Waals surface area contributed by atoms with E-state index < -0.39 is 0 Å². The molecule has 4 heterocycles. The molecule has 9 heteroatoms. The van der Waals surface area contributed by atoms with Crippen LogP contribution in [0.2, 0.25) is 0 Å². The van der Waals surface area contributed by atoms with E-state index in [0.29, 0.717) is 18.8 Å². The standard InChI is InChI=1S/C32H32N8O/c1-3-4-12-30-34-29-20-25(17-18-26-9-7-8-19-40(26)41)22(2)33-32(29)39(30)21-23-13-15-24(16-14-23)27-10-5-6-11-28(27)31-35-37-38-36-31/h5-11,13-16,19-20H,3-4,12,17-18,21H2,1-2H3,(H,35,36,37,38). The van der Waals surface area contributed by atoms with Crippen molar-refractivity contribution < 1.29 is 4.73 Å². The number of rotatable bonds is 10. The van der Waals surface area contributed by atoms with Gasteiger partial charge in [-0.1, -0.05) is 67.9 Å². The highest BCUT2D eigenvalue weighted by atomic mass is 16.5. The number of aromatic nitrogens is 8. The lowest BCUT2D eigenvalue weighted by Crippen LogP contribution is -2.31. The van der Waals surface area contributed by atoms with Gasteiger partial charge in [-0.25, -0.2) is 9.97 Å².